The lowest BCUT2D eigenvalue weighted by Gasteiger charge is -2.40. The summed E-state index contributed by atoms with van der Waals surface area (Å²) in [5.41, 5.74) is 2.26. The second kappa shape index (κ2) is 13.0. The minimum atomic E-state index is -1.69. The summed E-state index contributed by atoms with van der Waals surface area (Å²) in [6.07, 6.45) is 1.99. The van der Waals surface area contributed by atoms with Crippen molar-refractivity contribution >= 4 is 22.3 Å². The Morgan fingerprint density at radius 1 is 0.809 bits per heavy atom. The van der Waals surface area contributed by atoms with Crippen molar-refractivity contribution in [1.82, 2.24) is 0 Å². The molecule has 0 amide bonds. The number of aliphatic hydroxyl groups excluding tert-OH is 5. The highest BCUT2D eigenvalue weighted by Crippen LogP contribution is 2.44. The number of carbonyl (C=O) groups excluding carboxylic acids is 2. The van der Waals surface area contributed by atoms with E-state index in [0.717, 1.165) is 31.3 Å². The maximum absolute atomic E-state index is 13.9. The number of aliphatic hydroxyl groups is 5. The van der Waals surface area contributed by atoms with Crippen molar-refractivity contribution < 1.29 is 44.6 Å². The number of fused-ring (bicyclic) bond motifs is 3. The van der Waals surface area contributed by atoms with E-state index in [4.69, 9.17) is 9.47 Å². The fourth-order valence-electron chi connectivity index (χ4n) is 8.00. The van der Waals surface area contributed by atoms with Crippen LogP contribution in [0.15, 0.2) is 84.1 Å². The van der Waals surface area contributed by atoms with Gasteiger partial charge in [0.05, 0.1) is 24.0 Å². The summed E-state index contributed by atoms with van der Waals surface area (Å²) in [6, 6.07) is 19.5. The van der Waals surface area contributed by atoms with E-state index in [-0.39, 0.29) is 28.4 Å². The second-order valence-corrected chi connectivity index (χ2v) is 13.4. The molecule has 9 heteroatoms. The predicted octanol–water partition coefficient (Wildman–Crippen LogP) is 4.45. The first-order chi connectivity index (χ1) is 22.7. The Morgan fingerprint density at radius 3 is 2.32 bits per heavy atom. The molecule has 1 saturated heterocycles. The minimum absolute atomic E-state index is 0.0461. The highest BCUT2D eigenvalue weighted by atomic mass is 16.7. The van der Waals surface area contributed by atoms with Gasteiger partial charge in [-0.05, 0) is 71.6 Å². The molecule has 5 N–H and O–H groups in total. The van der Waals surface area contributed by atoms with Crippen LogP contribution in [0.5, 0.6) is 5.75 Å². The smallest absolute Gasteiger partial charge is 0.229 e. The van der Waals surface area contributed by atoms with Gasteiger partial charge < -0.3 is 35.0 Å². The third-order valence-corrected chi connectivity index (χ3v) is 10.5. The van der Waals surface area contributed by atoms with E-state index in [0.29, 0.717) is 18.3 Å². The van der Waals surface area contributed by atoms with Crippen molar-refractivity contribution in [3.8, 4) is 5.75 Å². The Kier molecular flexibility index (Phi) is 8.76. The van der Waals surface area contributed by atoms with Crippen LogP contribution in [0, 0.1) is 23.7 Å². The van der Waals surface area contributed by atoms with Crippen molar-refractivity contribution in [2.45, 2.75) is 69.2 Å². The van der Waals surface area contributed by atoms with Gasteiger partial charge in [-0.3, -0.25) is 9.59 Å². The Balaban J connectivity index is 1.11. The van der Waals surface area contributed by atoms with Gasteiger partial charge in [0, 0.05) is 5.56 Å². The molecule has 9 atom stereocenters. The summed E-state index contributed by atoms with van der Waals surface area (Å²) >= 11 is 0. The van der Waals surface area contributed by atoms with Crippen molar-refractivity contribution in [3.05, 3.63) is 101 Å². The topological polar surface area (TPSA) is 154 Å². The molecule has 2 fully saturated rings. The van der Waals surface area contributed by atoms with Crippen LogP contribution >= 0.6 is 0 Å². The Morgan fingerprint density at radius 2 is 1.55 bits per heavy atom. The van der Waals surface area contributed by atoms with Crippen LogP contribution in [0.1, 0.15) is 58.4 Å². The molecule has 0 unspecified atom stereocenters. The molecule has 3 aromatic carbocycles. The summed E-state index contributed by atoms with van der Waals surface area (Å²) < 4.78 is 11.3. The van der Waals surface area contributed by atoms with Crippen LogP contribution < -0.4 is 4.74 Å². The monoisotopic (exact) mass is 640 g/mol. The molecule has 0 radical (unpaired) electrons. The van der Waals surface area contributed by atoms with Crippen LogP contribution in [-0.2, 0) is 11.2 Å². The summed E-state index contributed by atoms with van der Waals surface area (Å²) in [4.78, 5) is 27.9. The van der Waals surface area contributed by atoms with Gasteiger partial charge in [-0.15, -0.1) is 0 Å². The third kappa shape index (κ3) is 5.91. The minimum Gasteiger partial charge on any atom is -0.511 e. The molecular formula is C38H40O9. The molecule has 9 nitrogen and oxygen atoms in total. The van der Waals surface area contributed by atoms with Crippen LogP contribution in [0.2, 0.25) is 0 Å². The van der Waals surface area contributed by atoms with Crippen molar-refractivity contribution in [2.75, 3.05) is 6.61 Å². The largest absolute Gasteiger partial charge is 0.511 e. The number of ether oxygens (including phenoxy) is 2. The van der Waals surface area contributed by atoms with E-state index in [1.54, 1.807) is 12.1 Å². The first kappa shape index (κ1) is 31.7. The van der Waals surface area contributed by atoms with Crippen LogP contribution in [-0.4, -0.2) is 74.4 Å². The molecule has 3 aromatic rings. The molecule has 1 heterocycles. The lowest BCUT2D eigenvalue weighted by atomic mass is 9.68. The van der Waals surface area contributed by atoms with Crippen molar-refractivity contribution in [3.63, 3.8) is 0 Å². The second-order valence-electron chi connectivity index (χ2n) is 13.4. The number of hydrogen-bond donors (Lipinski definition) is 5. The molecule has 4 aliphatic rings. The number of allylic oxidation sites excluding steroid dienone is 4. The molecule has 1 saturated carbocycles. The summed E-state index contributed by atoms with van der Waals surface area (Å²) in [6.45, 7) is -0.642. The van der Waals surface area contributed by atoms with Crippen LogP contribution in [0.25, 0.3) is 10.8 Å². The molecule has 0 aromatic heterocycles. The predicted molar refractivity (Wildman–Crippen MR) is 173 cm³/mol. The first-order valence-corrected chi connectivity index (χ1v) is 16.5. The van der Waals surface area contributed by atoms with Crippen molar-refractivity contribution in [1.29, 1.82) is 0 Å². The number of carbonyl (C=O) groups is 2. The zero-order chi connectivity index (χ0) is 32.8. The number of rotatable bonds is 7. The van der Waals surface area contributed by atoms with Gasteiger partial charge in [-0.2, -0.15) is 0 Å². The standard InChI is InChI=1S/C38H40O9/c39-19-30-34(42)36(44)37(45)38(47-30)46-29-11-5-10-26-32(29)35(43)31-27(33(26)41)17-21(18-28(31)40)16-25-9-4-3-8-24(25)15-20-12-13-22-6-1-2-7-23(22)14-20/h1-2,5-7,10-14,17-18,24-25,27,30-31,34,36-40,42,44-45H,3-4,8-9,15-16,19H2/t24-,25-,27+,30-,31+,34-,36+,37-,38-/m1/s1. The lowest BCUT2D eigenvalue weighted by molar-refractivity contribution is -0.277. The third-order valence-electron chi connectivity index (χ3n) is 10.5. The van der Waals surface area contributed by atoms with E-state index >= 15 is 0 Å². The molecule has 1 aliphatic heterocycles. The van der Waals surface area contributed by atoms with Gasteiger partial charge in [0.25, 0.3) is 0 Å². The Bertz CT molecular complexity index is 1740. The summed E-state index contributed by atoms with van der Waals surface area (Å²) in [5, 5.41) is 54.1. The fraction of sp³-hybridized carbons (Fsp3) is 0.421. The highest BCUT2D eigenvalue weighted by Gasteiger charge is 2.48. The van der Waals surface area contributed by atoms with Gasteiger partial charge in [-0.1, -0.05) is 73.5 Å². The molecule has 0 spiro atoms. The average Bonchev–Trinajstić information content (AvgIpc) is 3.08. The zero-order valence-electron chi connectivity index (χ0n) is 25.9. The first-order valence-electron chi connectivity index (χ1n) is 16.5. The zero-order valence-corrected chi connectivity index (χ0v) is 25.9. The molecule has 3 aliphatic carbocycles. The van der Waals surface area contributed by atoms with E-state index in [9.17, 15) is 35.1 Å². The van der Waals surface area contributed by atoms with Gasteiger partial charge in [0.2, 0.25) is 6.29 Å². The average molecular weight is 641 g/mol. The molecule has 246 valence electrons. The van der Waals surface area contributed by atoms with Crippen LogP contribution in [0.4, 0.5) is 0 Å². The SMILES string of the molecule is O=C1c2c(O[C@@H]3O[C@H](CO)[C@@H](O)[C@H](O)[C@H]3O)cccc2C(=O)[C@H]2C=C(C[C@H]3CCCC[C@@H]3Cc3ccc4ccccc4c3)C=C(O)[C@@H]12. The maximum atomic E-state index is 13.9. The van der Waals surface area contributed by atoms with E-state index in [2.05, 4.69) is 36.4 Å². The van der Waals surface area contributed by atoms with Gasteiger partial charge in [0.1, 0.15) is 35.9 Å². The number of ketones is 2. The summed E-state index contributed by atoms with van der Waals surface area (Å²) in [7, 11) is 0. The maximum Gasteiger partial charge on any atom is 0.229 e. The molecule has 7 rings (SSSR count). The Hall–Kier alpha value is -3.86. The van der Waals surface area contributed by atoms with Gasteiger partial charge in [-0.25, -0.2) is 0 Å². The fourth-order valence-corrected chi connectivity index (χ4v) is 8.00. The van der Waals surface area contributed by atoms with E-state index in [1.807, 2.05) is 12.1 Å². The Labute approximate surface area is 272 Å². The van der Waals surface area contributed by atoms with E-state index < -0.39 is 54.9 Å². The van der Waals surface area contributed by atoms with Crippen molar-refractivity contribution in [2.24, 2.45) is 23.7 Å². The van der Waals surface area contributed by atoms with Gasteiger partial charge in [0.15, 0.2) is 11.6 Å². The highest BCUT2D eigenvalue weighted by molar-refractivity contribution is 6.19. The van der Waals surface area contributed by atoms with Crippen LogP contribution in [0.3, 0.4) is 0 Å². The quantitative estimate of drug-likeness (QED) is 0.252. The molecule has 47 heavy (non-hydrogen) atoms. The molecular weight excluding hydrogens is 600 g/mol. The lowest BCUT2D eigenvalue weighted by Crippen LogP contribution is -2.60. The number of Topliss-reactive ketones (excluding diaryl/α,β-unsaturated/α-hetero) is 2. The summed E-state index contributed by atoms with van der Waals surface area (Å²) in [5.74, 6) is -2.19. The molecule has 0 bridgehead atoms. The van der Waals surface area contributed by atoms with Gasteiger partial charge >= 0.3 is 0 Å². The number of hydrogen-bond acceptors (Lipinski definition) is 9. The normalized spacial score (nSPS) is 32.3. The van der Waals surface area contributed by atoms with E-state index in [1.165, 1.54) is 34.9 Å². The number of benzene rings is 3.